The van der Waals surface area contributed by atoms with Crippen LogP contribution in [0.15, 0.2) is 56.2 Å². The molecule has 0 heterocycles. The van der Waals surface area contributed by atoms with E-state index in [2.05, 4.69) is 52.3 Å². The average molecular weight is 248 g/mol. The maximum atomic E-state index is 4.23. The molecule has 0 aliphatic heterocycles. The van der Waals surface area contributed by atoms with Crippen LogP contribution in [0.2, 0.25) is 0 Å². The van der Waals surface area contributed by atoms with Crippen molar-refractivity contribution < 1.29 is 0 Å². The van der Waals surface area contributed by atoms with E-state index >= 15 is 0 Å². The molecule has 1 aromatic rings. The zero-order valence-electron chi connectivity index (χ0n) is 11.8. The van der Waals surface area contributed by atoms with Gasteiger partial charge in [0.05, 0.1) is 0 Å². The summed E-state index contributed by atoms with van der Waals surface area (Å²) in [6.07, 6.45) is 5.68. The first-order valence-corrected chi connectivity index (χ1v) is 6.55. The van der Waals surface area contributed by atoms with E-state index in [1.54, 1.807) is 0 Å². The standard InChI is InChI=1S/C19H20/c1-7-14-13(6)19-16(9-3)17(12(4)5)10-11-18(19)15(14)8-2/h7-12H,1-3,6H2,4-5H3. The molecule has 0 amide bonds. The second-order valence-electron chi connectivity index (χ2n) is 5.06. The first-order chi connectivity index (χ1) is 9.06. The topological polar surface area (TPSA) is 0 Å². The summed E-state index contributed by atoms with van der Waals surface area (Å²) in [7, 11) is 0. The minimum atomic E-state index is 0.464. The van der Waals surface area contributed by atoms with Gasteiger partial charge in [0.25, 0.3) is 0 Å². The summed E-state index contributed by atoms with van der Waals surface area (Å²) in [6.45, 7) is 20.4. The van der Waals surface area contributed by atoms with E-state index in [-0.39, 0.29) is 0 Å². The normalized spacial score (nSPS) is 13.7. The molecule has 96 valence electrons. The first-order valence-electron chi connectivity index (χ1n) is 6.55. The number of hydrogen-bond donors (Lipinski definition) is 0. The Morgan fingerprint density at radius 1 is 0.947 bits per heavy atom. The Morgan fingerprint density at radius 3 is 2.05 bits per heavy atom. The zero-order chi connectivity index (χ0) is 14.2. The summed E-state index contributed by atoms with van der Waals surface area (Å²) in [4.78, 5) is 0. The lowest BCUT2D eigenvalue weighted by atomic mass is 9.88. The Kier molecular flexibility index (Phi) is 3.44. The van der Waals surface area contributed by atoms with Crippen molar-refractivity contribution in [2.45, 2.75) is 19.8 Å². The highest BCUT2D eigenvalue weighted by atomic mass is 14.3. The quantitative estimate of drug-likeness (QED) is 0.650. The molecular formula is C19H20. The molecular weight excluding hydrogens is 228 g/mol. The monoisotopic (exact) mass is 248 g/mol. The van der Waals surface area contributed by atoms with Crippen LogP contribution in [0.5, 0.6) is 0 Å². The molecule has 0 atom stereocenters. The highest BCUT2D eigenvalue weighted by Crippen LogP contribution is 2.45. The Hall–Kier alpha value is -2.08. The predicted octanol–water partition coefficient (Wildman–Crippen LogP) is 5.61. The van der Waals surface area contributed by atoms with Crippen LogP contribution in [-0.4, -0.2) is 0 Å². The van der Waals surface area contributed by atoms with Crippen molar-refractivity contribution in [3.05, 3.63) is 78.4 Å². The van der Waals surface area contributed by atoms with Crippen molar-refractivity contribution in [1.29, 1.82) is 0 Å². The SMILES string of the molecule is C=CC1=C(C=C)c2ccc(C(C)C)c(C=C)c2C1=C. The van der Waals surface area contributed by atoms with Gasteiger partial charge in [-0.15, -0.1) is 0 Å². The van der Waals surface area contributed by atoms with E-state index in [0.717, 1.165) is 16.7 Å². The molecule has 0 radical (unpaired) electrons. The van der Waals surface area contributed by atoms with E-state index in [1.807, 2.05) is 18.2 Å². The van der Waals surface area contributed by atoms with Crippen LogP contribution in [0.25, 0.3) is 17.2 Å². The van der Waals surface area contributed by atoms with Gasteiger partial charge in [0.2, 0.25) is 0 Å². The van der Waals surface area contributed by atoms with Gasteiger partial charge in [-0.1, -0.05) is 70.5 Å². The van der Waals surface area contributed by atoms with Crippen molar-refractivity contribution >= 4 is 17.2 Å². The van der Waals surface area contributed by atoms with Crippen LogP contribution in [0, 0.1) is 0 Å². The van der Waals surface area contributed by atoms with Gasteiger partial charge in [0, 0.05) is 0 Å². The molecule has 1 aromatic carbocycles. The molecule has 19 heavy (non-hydrogen) atoms. The molecule has 0 nitrogen and oxygen atoms in total. The molecule has 0 fully saturated rings. The van der Waals surface area contributed by atoms with E-state index in [0.29, 0.717) is 5.92 Å². The minimum Gasteiger partial charge on any atom is -0.0984 e. The number of fused-ring (bicyclic) bond motifs is 1. The number of allylic oxidation sites excluding steroid dienone is 5. The van der Waals surface area contributed by atoms with Crippen molar-refractivity contribution in [2.24, 2.45) is 0 Å². The van der Waals surface area contributed by atoms with Crippen LogP contribution in [0.4, 0.5) is 0 Å². The van der Waals surface area contributed by atoms with Gasteiger partial charge in [-0.3, -0.25) is 0 Å². The average Bonchev–Trinajstić information content (AvgIpc) is 2.69. The van der Waals surface area contributed by atoms with E-state index < -0.39 is 0 Å². The third-order valence-corrected chi connectivity index (χ3v) is 3.72. The number of benzene rings is 1. The van der Waals surface area contributed by atoms with Gasteiger partial charge in [-0.25, -0.2) is 0 Å². The van der Waals surface area contributed by atoms with Gasteiger partial charge >= 0.3 is 0 Å². The van der Waals surface area contributed by atoms with Gasteiger partial charge < -0.3 is 0 Å². The molecule has 0 bridgehead atoms. The fourth-order valence-corrected chi connectivity index (χ4v) is 2.80. The summed E-state index contributed by atoms with van der Waals surface area (Å²) < 4.78 is 0. The van der Waals surface area contributed by atoms with Crippen LogP contribution in [0.3, 0.4) is 0 Å². The maximum absolute atomic E-state index is 4.23. The first kappa shape index (κ1) is 13.4. The molecule has 1 aliphatic rings. The molecule has 0 saturated heterocycles. The molecule has 0 heteroatoms. The van der Waals surface area contributed by atoms with E-state index in [1.165, 1.54) is 22.3 Å². The summed E-state index contributed by atoms with van der Waals surface area (Å²) in [5.74, 6) is 0.464. The smallest absolute Gasteiger partial charge is 0.00297 e. The van der Waals surface area contributed by atoms with Crippen molar-refractivity contribution in [3.63, 3.8) is 0 Å². The lowest BCUT2D eigenvalue weighted by Crippen LogP contribution is -1.97. The Balaban J connectivity index is 2.81. The zero-order valence-corrected chi connectivity index (χ0v) is 11.8. The highest BCUT2D eigenvalue weighted by molar-refractivity contribution is 6.06. The largest absolute Gasteiger partial charge is 0.0984 e. The fraction of sp³-hybridized carbons (Fsp3) is 0.158. The van der Waals surface area contributed by atoms with Crippen molar-refractivity contribution in [1.82, 2.24) is 0 Å². The highest BCUT2D eigenvalue weighted by Gasteiger charge is 2.25. The Labute approximate surface area is 116 Å². The second-order valence-corrected chi connectivity index (χ2v) is 5.06. The lowest BCUT2D eigenvalue weighted by molar-refractivity contribution is 0.863. The van der Waals surface area contributed by atoms with Crippen LogP contribution in [0.1, 0.15) is 42.0 Å². The predicted molar refractivity (Wildman–Crippen MR) is 87.0 cm³/mol. The van der Waals surface area contributed by atoms with Gasteiger partial charge in [0.1, 0.15) is 0 Å². The second kappa shape index (κ2) is 4.89. The fourth-order valence-electron chi connectivity index (χ4n) is 2.80. The Bertz CT molecular complexity index is 622. The number of hydrogen-bond acceptors (Lipinski definition) is 0. The lowest BCUT2D eigenvalue weighted by Gasteiger charge is -2.15. The van der Waals surface area contributed by atoms with Crippen LogP contribution >= 0.6 is 0 Å². The van der Waals surface area contributed by atoms with Crippen LogP contribution < -0.4 is 0 Å². The minimum absolute atomic E-state index is 0.464. The summed E-state index contributed by atoms with van der Waals surface area (Å²) in [6, 6.07) is 4.35. The number of rotatable bonds is 4. The third kappa shape index (κ3) is 1.84. The third-order valence-electron chi connectivity index (χ3n) is 3.72. The molecule has 0 N–H and O–H groups in total. The van der Waals surface area contributed by atoms with Gasteiger partial charge in [-0.05, 0) is 44.9 Å². The van der Waals surface area contributed by atoms with Crippen LogP contribution in [-0.2, 0) is 0 Å². The van der Waals surface area contributed by atoms with E-state index in [4.69, 9.17) is 0 Å². The summed E-state index contributed by atoms with van der Waals surface area (Å²) in [5, 5.41) is 0. The molecule has 0 aromatic heterocycles. The summed E-state index contributed by atoms with van der Waals surface area (Å²) in [5.41, 5.74) is 8.09. The Morgan fingerprint density at radius 2 is 1.58 bits per heavy atom. The van der Waals surface area contributed by atoms with Crippen molar-refractivity contribution in [3.8, 4) is 0 Å². The molecule has 0 spiro atoms. The molecule has 0 unspecified atom stereocenters. The van der Waals surface area contributed by atoms with Crippen molar-refractivity contribution in [2.75, 3.05) is 0 Å². The van der Waals surface area contributed by atoms with Gasteiger partial charge in [-0.2, -0.15) is 0 Å². The molecule has 1 aliphatic carbocycles. The van der Waals surface area contributed by atoms with Gasteiger partial charge in [0.15, 0.2) is 0 Å². The maximum Gasteiger partial charge on any atom is -0.00297 e. The molecule has 0 saturated carbocycles. The molecule has 2 rings (SSSR count). The van der Waals surface area contributed by atoms with E-state index in [9.17, 15) is 0 Å². The summed E-state index contributed by atoms with van der Waals surface area (Å²) >= 11 is 0.